The van der Waals surface area contributed by atoms with Gasteiger partial charge < -0.3 is 8.84 Å². The van der Waals surface area contributed by atoms with Crippen molar-refractivity contribution in [2.75, 3.05) is 0 Å². The summed E-state index contributed by atoms with van der Waals surface area (Å²) in [5, 5.41) is 0. The maximum Gasteiger partial charge on any atom is 0.241 e. The molecule has 2 nitrogen and oxygen atoms in total. The fourth-order valence-corrected chi connectivity index (χ4v) is 3.59. The van der Waals surface area contributed by atoms with E-state index in [1.807, 2.05) is 6.26 Å². The van der Waals surface area contributed by atoms with Gasteiger partial charge in [0.15, 0.2) is 0 Å². The molecule has 1 unspecified atom stereocenters. The Kier molecular flexibility index (Phi) is 4.00. The third-order valence-corrected chi connectivity index (χ3v) is 4.42. The Morgan fingerprint density at radius 3 is 2.78 bits per heavy atom. The maximum atomic E-state index is 6.18. The third-order valence-electron chi connectivity index (χ3n) is 3.56. The van der Waals surface area contributed by atoms with Crippen LogP contribution >= 0.6 is 0 Å². The van der Waals surface area contributed by atoms with Crippen molar-refractivity contribution in [1.82, 2.24) is 0 Å². The first kappa shape index (κ1) is 13.5. The van der Waals surface area contributed by atoms with Crippen molar-refractivity contribution >= 4 is 8.32 Å². The van der Waals surface area contributed by atoms with Crippen molar-refractivity contribution < 1.29 is 8.84 Å². The Bertz CT molecular complexity index is 412. The van der Waals surface area contributed by atoms with Crippen LogP contribution in [0.25, 0.3) is 0 Å². The summed E-state index contributed by atoms with van der Waals surface area (Å²) in [6, 6.07) is 2.06. The van der Waals surface area contributed by atoms with Crippen LogP contribution in [-0.2, 0) is 10.8 Å². The molecule has 0 saturated carbocycles. The second-order valence-corrected chi connectivity index (χ2v) is 10.7. The van der Waals surface area contributed by atoms with Gasteiger partial charge in [-0.3, -0.25) is 0 Å². The van der Waals surface area contributed by atoms with Gasteiger partial charge in [-0.15, -0.1) is 0 Å². The Morgan fingerprint density at radius 1 is 1.39 bits per heavy atom. The predicted octanol–water partition coefficient (Wildman–Crippen LogP) is 4.75. The first-order chi connectivity index (χ1) is 8.46. The zero-order valence-corrected chi connectivity index (χ0v) is 13.0. The van der Waals surface area contributed by atoms with Crippen molar-refractivity contribution in [1.29, 1.82) is 0 Å². The van der Waals surface area contributed by atoms with Crippen LogP contribution in [-0.4, -0.2) is 8.32 Å². The molecule has 0 fully saturated rings. The molecule has 0 aliphatic heterocycles. The van der Waals surface area contributed by atoms with E-state index >= 15 is 0 Å². The molecule has 0 aromatic carbocycles. The van der Waals surface area contributed by atoms with Crippen molar-refractivity contribution in [3.8, 4) is 0 Å². The summed E-state index contributed by atoms with van der Waals surface area (Å²) >= 11 is 0. The molecule has 18 heavy (non-hydrogen) atoms. The number of furan rings is 1. The van der Waals surface area contributed by atoms with Gasteiger partial charge in [-0.1, -0.05) is 0 Å². The number of allylic oxidation sites excluding steroid dienone is 2. The molecule has 1 aromatic rings. The average Bonchev–Trinajstić information content (AvgIpc) is 2.87. The minimum atomic E-state index is -1.44. The van der Waals surface area contributed by atoms with Crippen LogP contribution in [0, 0.1) is 5.92 Å². The molecule has 0 saturated heterocycles. The summed E-state index contributed by atoms with van der Waals surface area (Å²) in [5.41, 5.74) is 2.79. The highest BCUT2D eigenvalue weighted by Crippen LogP contribution is 2.36. The predicted molar refractivity (Wildman–Crippen MR) is 76.9 cm³/mol. The van der Waals surface area contributed by atoms with Crippen molar-refractivity contribution in [2.45, 2.75) is 52.2 Å². The molecule has 3 heteroatoms. The van der Waals surface area contributed by atoms with E-state index in [2.05, 4.69) is 32.6 Å². The van der Waals surface area contributed by atoms with E-state index in [9.17, 15) is 0 Å². The van der Waals surface area contributed by atoms with Crippen molar-refractivity contribution in [3.63, 3.8) is 0 Å². The zero-order chi connectivity index (χ0) is 13.2. The lowest BCUT2D eigenvalue weighted by Gasteiger charge is -2.21. The minimum Gasteiger partial charge on any atom is -0.547 e. The van der Waals surface area contributed by atoms with Crippen molar-refractivity contribution in [2.24, 2.45) is 5.92 Å². The Labute approximate surface area is 111 Å². The molecule has 0 spiro atoms. The van der Waals surface area contributed by atoms with E-state index in [4.69, 9.17) is 8.84 Å². The summed E-state index contributed by atoms with van der Waals surface area (Å²) in [4.78, 5) is 0. The van der Waals surface area contributed by atoms with Crippen LogP contribution in [0.2, 0.25) is 19.6 Å². The monoisotopic (exact) mass is 264 g/mol. The van der Waals surface area contributed by atoms with E-state index in [0.717, 1.165) is 12.8 Å². The summed E-state index contributed by atoms with van der Waals surface area (Å²) in [5.74, 6) is 1.98. The van der Waals surface area contributed by atoms with Crippen molar-refractivity contribution in [3.05, 3.63) is 35.5 Å². The summed E-state index contributed by atoms with van der Waals surface area (Å²) in [6.45, 7) is 9.02. The zero-order valence-electron chi connectivity index (χ0n) is 12.0. The quantitative estimate of drug-likeness (QED) is 0.716. The van der Waals surface area contributed by atoms with Gasteiger partial charge in [-0.25, -0.2) is 0 Å². The Balaban J connectivity index is 1.91. The molecular weight excluding hydrogens is 240 g/mol. The van der Waals surface area contributed by atoms with E-state index in [1.165, 1.54) is 29.7 Å². The smallest absolute Gasteiger partial charge is 0.241 e. The highest BCUT2D eigenvalue weighted by atomic mass is 28.4. The molecule has 1 atom stereocenters. The largest absolute Gasteiger partial charge is 0.547 e. The van der Waals surface area contributed by atoms with Gasteiger partial charge in [0.05, 0.1) is 18.3 Å². The molecule has 0 N–H and O–H groups in total. The van der Waals surface area contributed by atoms with E-state index in [1.54, 1.807) is 6.26 Å². The van der Waals surface area contributed by atoms with Crippen LogP contribution < -0.4 is 0 Å². The first-order valence-electron chi connectivity index (χ1n) is 6.85. The summed E-state index contributed by atoms with van der Waals surface area (Å²) < 4.78 is 11.3. The van der Waals surface area contributed by atoms with Gasteiger partial charge in [0, 0.05) is 6.42 Å². The standard InChI is InChI=1S/C15H24O2Si/c1-12-14(6-5-13-9-10-16-11-13)7-8-15(12)17-18(2,3)4/h9-11,14H,5-8H2,1-4H3. The molecular formula is C15H24O2Si. The molecule has 100 valence electrons. The van der Waals surface area contributed by atoms with Crippen LogP contribution in [0.15, 0.2) is 34.3 Å². The van der Waals surface area contributed by atoms with Crippen LogP contribution in [0.5, 0.6) is 0 Å². The third kappa shape index (κ3) is 3.51. The number of hydrogen-bond acceptors (Lipinski definition) is 2. The number of aryl methyl sites for hydroxylation is 1. The molecule has 1 heterocycles. The highest BCUT2D eigenvalue weighted by molar-refractivity contribution is 6.70. The Hall–Kier alpha value is -0.963. The normalized spacial score (nSPS) is 20.6. The lowest BCUT2D eigenvalue weighted by Crippen LogP contribution is -2.24. The van der Waals surface area contributed by atoms with Crippen LogP contribution in [0.4, 0.5) is 0 Å². The van der Waals surface area contributed by atoms with Crippen LogP contribution in [0.3, 0.4) is 0 Å². The van der Waals surface area contributed by atoms with Gasteiger partial charge in [-0.05, 0) is 68.9 Å². The minimum absolute atomic E-state index is 0.700. The summed E-state index contributed by atoms with van der Waals surface area (Å²) in [6.07, 6.45) is 8.32. The molecule has 0 amide bonds. The molecule has 0 bridgehead atoms. The molecule has 0 radical (unpaired) electrons. The van der Waals surface area contributed by atoms with E-state index in [-0.39, 0.29) is 0 Å². The van der Waals surface area contributed by atoms with E-state index in [0.29, 0.717) is 5.92 Å². The molecule has 1 aliphatic carbocycles. The van der Waals surface area contributed by atoms with Gasteiger partial charge in [0.2, 0.25) is 8.32 Å². The molecule has 1 aromatic heterocycles. The summed E-state index contributed by atoms with van der Waals surface area (Å²) in [7, 11) is -1.44. The van der Waals surface area contributed by atoms with Gasteiger partial charge >= 0.3 is 0 Å². The highest BCUT2D eigenvalue weighted by Gasteiger charge is 2.27. The topological polar surface area (TPSA) is 22.4 Å². The van der Waals surface area contributed by atoms with Gasteiger partial charge in [0.1, 0.15) is 0 Å². The van der Waals surface area contributed by atoms with Gasteiger partial charge in [0.25, 0.3) is 0 Å². The van der Waals surface area contributed by atoms with E-state index < -0.39 is 8.32 Å². The van der Waals surface area contributed by atoms with Gasteiger partial charge in [-0.2, -0.15) is 0 Å². The first-order valence-corrected chi connectivity index (χ1v) is 10.3. The van der Waals surface area contributed by atoms with Crippen LogP contribution in [0.1, 0.15) is 31.7 Å². The number of rotatable bonds is 5. The average molecular weight is 264 g/mol. The second-order valence-electron chi connectivity index (χ2n) is 6.23. The molecule has 2 rings (SSSR count). The fourth-order valence-electron chi connectivity index (χ4n) is 2.58. The maximum absolute atomic E-state index is 6.18. The Morgan fingerprint density at radius 2 is 2.17 bits per heavy atom. The lowest BCUT2D eigenvalue weighted by molar-refractivity contribution is 0.404. The SMILES string of the molecule is CC1=C(O[Si](C)(C)C)CCC1CCc1ccoc1. The fraction of sp³-hybridized carbons (Fsp3) is 0.600. The molecule has 1 aliphatic rings. The lowest BCUT2D eigenvalue weighted by atomic mass is 9.95. The second kappa shape index (κ2) is 5.35. The number of hydrogen-bond donors (Lipinski definition) is 0.